The zero-order valence-corrected chi connectivity index (χ0v) is 26.8. The Morgan fingerprint density at radius 3 is 1.65 bits per heavy atom. The van der Waals surface area contributed by atoms with Crippen molar-refractivity contribution >= 4 is 32.6 Å². The average molecular weight is 623 g/mol. The third-order valence-electron chi connectivity index (χ3n) is 10.2. The highest BCUT2D eigenvalue weighted by Crippen LogP contribution is 2.42. The average Bonchev–Trinajstić information content (AvgIpc) is 3.57. The van der Waals surface area contributed by atoms with Crippen LogP contribution in [-0.4, -0.2) is 9.97 Å². The monoisotopic (exact) mass is 622 g/mol. The largest absolute Gasteiger partial charge is 0.252 e. The van der Waals surface area contributed by atoms with E-state index in [4.69, 9.17) is 9.97 Å². The highest BCUT2D eigenvalue weighted by atomic mass is 14.8. The molecule has 0 N–H and O–H groups in total. The van der Waals surface area contributed by atoms with Gasteiger partial charge < -0.3 is 0 Å². The van der Waals surface area contributed by atoms with E-state index in [0.717, 1.165) is 45.0 Å². The van der Waals surface area contributed by atoms with Gasteiger partial charge in [0.15, 0.2) is 0 Å². The molecular formula is C47H30N2. The van der Waals surface area contributed by atoms with E-state index in [1.807, 2.05) is 6.20 Å². The Kier molecular flexibility index (Phi) is 6.28. The Hall–Kier alpha value is -6.38. The van der Waals surface area contributed by atoms with Crippen LogP contribution in [-0.2, 0) is 6.42 Å². The van der Waals surface area contributed by atoms with E-state index in [9.17, 15) is 0 Å². The highest BCUT2D eigenvalue weighted by Gasteiger charge is 2.21. The van der Waals surface area contributed by atoms with Gasteiger partial charge in [-0.25, -0.2) is 4.98 Å². The fourth-order valence-electron chi connectivity index (χ4n) is 7.77. The number of benzene rings is 8. The van der Waals surface area contributed by atoms with Crippen LogP contribution in [0.15, 0.2) is 170 Å². The Bertz CT molecular complexity index is 2700. The number of rotatable bonds is 4. The fourth-order valence-corrected chi connectivity index (χ4v) is 7.77. The Morgan fingerprint density at radius 2 is 0.898 bits per heavy atom. The van der Waals surface area contributed by atoms with E-state index in [0.29, 0.717) is 0 Å². The van der Waals surface area contributed by atoms with Crippen LogP contribution in [0.2, 0.25) is 0 Å². The lowest BCUT2D eigenvalue weighted by atomic mass is 9.93. The highest BCUT2D eigenvalue weighted by molar-refractivity contribution is 6.23. The summed E-state index contributed by atoms with van der Waals surface area (Å²) in [5, 5.41) is 4.67. The second-order valence-electron chi connectivity index (χ2n) is 12.9. The number of hydrogen-bond acceptors (Lipinski definition) is 2. The number of aromatic nitrogens is 2. The number of nitrogens with zero attached hydrogens (tertiary/aromatic N) is 2. The molecule has 1 aliphatic rings. The molecule has 0 bridgehead atoms. The zero-order chi connectivity index (χ0) is 32.3. The predicted molar refractivity (Wildman–Crippen MR) is 205 cm³/mol. The summed E-state index contributed by atoms with van der Waals surface area (Å²) in [6.45, 7) is 0. The van der Waals surface area contributed by atoms with Gasteiger partial charge in [-0.2, -0.15) is 0 Å². The van der Waals surface area contributed by atoms with Crippen LogP contribution >= 0.6 is 0 Å². The number of fused-ring (bicyclic) bond motifs is 9. The fraction of sp³-hybridized carbons (Fsp3) is 0.0213. The quantitative estimate of drug-likeness (QED) is 0.183. The molecule has 0 aliphatic heterocycles. The summed E-state index contributed by atoms with van der Waals surface area (Å²) in [4.78, 5) is 10.2. The first kappa shape index (κ1) is 27.7. The molecule has 0 saturated heterocycles. The lowest BCUT2D eigenvalue weighted by molar-refractivity contribution is 1.26. The minimum absolute atomic E-state index is 0.872. The normalized spacial score (nSPS) is 12.0. The maximum Gasteiger partial charge on any atom is 0.0979 e. The van der Waals surface area contributed by atoms with E-state index < -0.39 is 0 Å². The summed E-state index contributed by atoms with van der Waals surface area (Å²) in [6.07, 6.45) is 2.91. The summed E-state index contributed by atoms with van der Waals surface area (Å²) in [7, 11) is 0. The van der Waals surface area contributed by atoms with Crippen LogP contribution in [0.25, 0.3) is 88.3 Å². The van der Waals surface area contributed by atoms with Crippen LogP contribution in [0.3, 0.4) is 0 Å². The van der Waals surface area contributed by atoms with Gasteiger partial charge in [-0.05, 0) is 85.0 Å². The standard InChI is InChI=1S/C47H30N2/c1-2-15-38-35(10-1)28-44-37(20-9-21-39(38)44)31-24-22-30(23-25-31)32-11-7-12-33(26-32)34-13-8-14-36(27-34)45-29-48-46-42-18-5-3-16-40(42)41-17-4-6-19-43(41)47(46)49-45/h1-27,29H,28H2. The molecule has 0 fully saturated rings. The predicted octanol–water partition coefficient (Wildman–Crippen LogP) is 12.2. The van der Waals surface area contributed by atoms with Crippen LogP contribution in [0.1, 0.15) is 11.1 Å². The van der Waals surface area contributed by atoms with Gasteiger partial charge in [0.2, 0.25) is 0 Å². The Morgan fingerprint density at radius 1 is 0.367 bits per heavy atom. The van der Waals surface area contributed by atoms with Crippen molar-refractivity contribution in [2.45, 2.75) is 6.42 Å². The van der Waals surface area contributed by atoms with Gasteiger partial charge in [0.1, 0.15) is 0 Å². The van der Waals surface area contributed by atoms with Gasteiger partial charge in [0, 0.05) is 16.3 Å². The molecule has 1 heterocycles. The van der Waals surface area contributed by atoms with E-state index in [2.05, 4.69) is 164 Å². The Labute approximate surface area is 285 Å². The van der Waals surface area contributed by atoms with Gasteiger partial charge >= 0.3 is 0 Å². The second kappa shape index (κ2) is 11.1. The molecular weight excluding hydrogens is 593 g/mol. The Balaban J connectivity index is 0.987. The summed E-state index contributed by atoms with van der Waals surface area (Å²) < 4.78 is 0. The van der Waals surface area contributed by atoms with E-state index in [-0.39, 0.29) is 0 Å². The molecule has 1 aromatic heterocycles. The molecule has 9 aromatic rings. The first-order valence-corrected chi connectivity index (χ1v) is 16.9. The topological polar surface area (TPSA) is 25.8 Å². The minimum atomic E-state index is 0.872. The maximum absolute atomic E-state index is 5.23. The molecule has 8 aromatic carbocycles. The lowest BCUT2D eigenvalue weighted by Gasteiger charge is -2.12. The van der Waals surface area contributed by atoms with Gasteiger partial charge in [-0.15, -0.1) is 0 Å². The summed E-state index contributed by atoms with van der Waals surface area (Å²) in [5.74, 6) is 0. The molecule has 1 aliphatic carbocycles. The molecule has 0 spiro atoms. The molecule has 10 rings (SSSR count). The van der Waals surface area contributed by atoms with Crippen molar-refractivity contribution in [1.29, 1.82) is 0 Å². The van der Waals surface area contributed by atoms with E-state index >= 15 is 0 Å². The van der Waals surface area contributed by atoms with E-state index in [1.54, 1.807) is 0 Å². The molecule has 49 heavy (non-hydrogen) atoms. The molecule has 0 saturated carbocycles. The molecule has 0 atom stereocenters. The van der Waals surface area contributed by atoms with E-state index in [1.165, 1.54) is 60.8 Å². The smallest absolute Gasteiger partial charge is 0.0979 e. The van der Waals surface area contributed by atoms with Crippen LogP contribution < -0.4 is 0 Å². The molecule has 0 unspecified atom stereocenters. The first-order chi connectivity index (χ1) is 24.3. The number of hydrogen-bond donors (Lipinski definition) is 0. The third-order valence-corrected chi connectivity index (χ3v) is 10.2. The van der Waals surface area contributed by atoms with Gasteiger partial charge in [0.25, 0.3) is 0 Å². The summed E-state index contributed by atoms with van der Waals surface area (Å²) in [5.41, 5.74) is 16.7. The van der Waals surface area contributed by atoms with Crippen molar-refractivity contribution in [3.8, 4) is 55.8 Å². The van der Waals surface area contributed by atoms with Gasteiger partial charge in [-0.3, -0.25) is 4.98 Å². The van der Waals surface area contributed by atoms with Crippen LogP contribution in [0, 0.1) is 0 Å². The van der Waals surface area contributed by atoms with Crippen molar-refractivity contribution in [3.63, 3.8) is 0 Å². The molecule has 0 radical (unpaired) electrons. The lowest BCUT2D eigenvalue weighted by Crippen LogP contribution is -1.92. The molecule has 2 nitrogen and oxygen atoms in total. The van der Waals surface area contributed by atoms with Crippen molar-refractivity contribution in [2.75, 3.05) is 0 Å². The van der Waals surface area contributed by atoms with Crippen molar-refractivity contribution in [3.05, 3.63) is 181 Å². The van der Waals surface area contributed by atoms with Crippen molar-refractivity contribution in [1.82, 2.24) is 9.97 Å². The zero-order valence-electron chi connectivity index (χ0n) is 26.8. The van der Waals surface area contributed by atoms with Crippen LogP contribution in [0.5, 0.6) is 0 Å². The molecule has 2 heteroatoms. The van der Waals surface area contributed by atoms with Gasteiger partial charge in [-0.1, -0.05) is 152 Å². The second-order valence-corrected chi connectivity index (χ2v) is 12.9. The van der Waals surface area contributed by atoms with Crippen molar-refractivity contribution in [2.24, 2.45) is 0 Å². The minimum Gasteiger partial charge on any atom is -0.252 e. The third kappa shape index (κ3) is 4.57. The van der Waals surface area contributed by atoms with Crippen molar-refractivity contribution < 1.29 is 0 Å². The van der Waals surface area contributed by atoms with Crippen LogP contribution in [0.4, 0.5) is 0 Å². The van der Waals surface area contributed by atoms with Gasteiger partial charge in [0.05, 0.1) is 22.9 Å². The first-order valence-electron chi connectivity index (χ1n) is 16.9. The summed E-state index contributed by atoms with van der Waals surface area (Å²) >= 11 is 0. The molecule has 0 amide bonds. The SMILES string of the molecule is c1cc(-c2ccc(-c3cccc4c3Cc3ccccc3-4)cc2)cc(-c2cccc(-c3cnc4c5ccccc5c5ccccc5c4n3)c2)c1. The summed E-state index contributed by atoms with van der Waals surface area (Å²) in [6, 6.07) is 59.0. The maximum atomic E-state index is 5.23. The molecule has 228 valence electrons.